The predicted octanol–water partition coefficient (Wildman–Crippen LogP) is 1.01. The van der Waals surface area contributed by atoms with Crippen LogP contribution in [0, 0.1) is 0 Å². The van der Waals surface area contributed by atoms with Crippen LogP contribution in [0.4, 0.5) is 13.2 Å². The molecular formula is C11H12F3N3O2. The van der Waals surface area contributed by atoms with E-state index in [1.54, 1.807) is 5.32 Å². The van der Waals surface area contributed by atoms with E-state index in [0.717, 1.165) is 0 Å². The molecule has 19 heavy (non-hydrogen) atoms. The monoisotopic (exact) mass is 275 g/mol. The van der Waals surface area contributed by atoms with E-state index in [1.165, 1.54) is 25.3 Å². The number of carbonyl (C=O) groups is 2. The Hall–Kier alpha value is -2.12. The fourth-order valence-corrected chi connectivity index (χ4v) is 1.21. The van der Waals surface area contributed by atoms with E-state index in [-0.39, 0.29) is 18.0 Å². The number of hydrogen-bond acceptors (Lipinski definition) is 3. The minimum atomic E-state index is -4.46. The van der Waals surface area contributed by atoms with E-state index in [2.05, 4.69) is 10.3 Å². The first-order valence-corrected chi connectivity index (χ1v) is 5.32. The van der Waals surface area contributed by atoms with E-state index in [9.17, 15) is 22.8 Å². The van der Waals surface area contributed by atoms with Crippen LogP contribution in [-0.2, 0) is 11.3 Å². The Morgan fingerprint density at radius 1 is 1.32 bits per heavy atom. The molecule has 1 rings (SSSR count). The minimum Gasteiger partial charge on any atom is -0.351 e. The normalized spacial score (nSPS) is 10.9. The number of pyridine rings is 1. The second-order valence-electron chi connectivity index (χ2n) is 3.74. The van der Waals surface area contributed by atoms with Crippen LogP contribution in [0.1, 0.15) is 23.0 Å². The third kappa shape index (κ3) is 5.84. The van der Waals surface area contributed by atoms with Gasteiger partial charge in [-0.25, -0.2) is 0 Å². The average molecular weight is 275 g/mol. The van der Waals surface area contributed by atoms with E-state index in [4.69, 9.17) is 0 Å². The molecule has 104 valence electrons. The van der Waals surface area contributed by atoms with Crippen LogP contribution < -0.4 is 10.6 Å². The number of alkyl halides is 3. The molecule has 8 heteroatoms. The van der Waals surface area contributed by atoms with E-state index >= 15 is 0 Å². The molecule has 0 aromatic carbocycles. The van der Waals surface area contributed by atoms with E-state index in [0.29, 0.717) is 5.69 Å². The van der Waals surface area contributed by atoms with Crippen LogP contribution in [0.3, 0.4) is 0 Å². The molecule has 1 heterocycles. The summed E-state index contributed by atoms with van der Waals surface area (Å²) in [7, 11) is 0. The standard InChI is InChI=1S/C11H12F3N3O2/c1-7(18)16-5-9-4-8(2-3-15-9)10(19)17-6-11(12,13)14/h2-4H,5-6H2,1H3,(H,16,18)(H,17,19). The Balaban J connectivity index is 2.65. The molecule has 0 fully saturated rings. The molecular weight excluding hydrogens is 263 g/mol. The second-order valence-corrected chi connectivity index (χ2v) is 3.74. The summed E-state index contributed by atoms with van der Waals surface area (Å²) in [5, 5.41) is 4.22. The van der Waals surface area contributed by atoms with Gasteiger partial charge in [-0.05, 0) is 12.1 Å². The van der Waals surface area contributed by atoms with Crippen molar-refractivity contribution in [1.29, 1.82) is 0 Å². The topological polar surface area (TPSA) is 71.1 Å². The lowest BCUT2D eigenvalue weighted by Gasteiger charge is -2.09. The van der Waals surface area contributed by atoms with Gasteiger partial charge >= 0.3 is 6.18 Å². The summed E-state index contributed by atoms with van der Waals surface area (Å²) < 4.78 is 35.8. The first kappa shape index (κ1) is 14.9. The minimum absolute atomic E-state index is 0.0552. The van der Waals surface area contributed by atoms with Crippen LogP contribution in [0.2, 0.25) is 0 Å². The van der Waals surface area contributed by atoms with E-state index < -0.39 is 18.6 Å². The first-order valence-electron chi connectivity index (χ1n) is 5.32. The largest absolute Gasteiger partial charge is 0.405 e. The zero-order chi connectivity index (χ0) is 14.5. The molecule has 5 nitrogen and oxygen atoms in total. The highest BCUT2D eigenvalue weighted by Crippen LogP contribution is 2.12. The van der Waals surface area contributed by atoms with Gasteiger partial charge in [0.15, 0.2) is 0 Å². The number of halogens is 3. The van der Waals surface area contributed by atoms with Crippen molar-refractivity contribution in [2.24, 2.45) is 0 Å². The zero-order valence-electron chi connectivity index (χ0n) is 10.0. The fraction of sp³-hybridized carbons (Fsp3) is 0.364. The quantitative estimate of drug-likeness (QED) is 0.861. The van der Waals surface area contributed by atoms with Gasteiger partial charge in [-0.3, -0.25) is 14.6 Å². The van der Waals surface area contributed by atoms with Crippen molar-refractivity contribution < 1.29 is 22.8 Å². The van der Waals surface area contributed by atoms with Crippen molar-refractivity contribution in [3.8, 4) is 0 Å². The maximum Gasteiger partial charge on any atom is 0.405 e. The predicted molar refractivity (Wildman–Crippen MR) is 60.1 cm³/mol. The Morgan fingerprint density at radius 3 is 2.58 bits per heavy atom. The zero-order valence-corrected chi connectivity index (χ0v) is 10.0. The van der Waals surface area contributed by atoms with Crippen molar-refractivity contribution in [2.45, 2.75) is 19.6 Å². The van der Waals surface area contributed by atoms with E-state index in [1.807, 2.05) is 0 Å². The van der Waals surface area contributed by atoms with Gasteiger partial charge < -0.3 is 10.6 Å². The highest BCUT2D eigenvalue weighted by atomic mass is 19.4. The molecule has 0 saturated heterocycles. The molecule has 1 aromatic heterocycles. The molecule has 0 spiro atoms. The summed E-state index contributed by atoms with van der Waals surface area (Å²) in [5.41, 5.74) is 0.439. The summed E-state index contributed by atoms with van der Waals surface area (Å²) in [5.74, 6) is -1.11. The Morgan fingerprint density at radius 2 is 2.00 bits per heavy atom. The summed E-state index contributed by atoms with van der Waals surface area (Å²) in [4.78, 5) is 26.0. The van der Waals surface area contributed by atoms with Crippen molar-refractivity contribution in [1.82, 2.24) is 15.6 Å². The van der Waals surface area contributed by atoms with Crippen LogP contribution in [-0.4, -0.2) is 29.5 Å². The lowest BCUT2D eigenvalue weighted by Crippen LogP contribution is -2.33. The number of amides is 2. The second kappa shape index (κ2) is 6.17. The van der Waals surface area contributed by atoms with Crippen LogP contribution in [0.5, 0.6) is 0 Å². The molecule has 0 aliphatic carbocycles. The summed E-state index contributed by atoms with van der Waals surface area (Å²) in [6.07, 6.45) is -3.17. The summed E-state index contributed by atoms with van der Waals surface area (Å²) in [6.45, 7) is 0.0325. The van der Waals surface area contributed by atoms with Gasteiger partial charge in [0.2, 0.25) is 5.91 Å². The molecule has 2 amide bonds. The molecule has 0 aliphatic rings. The first-order chi connectivity index (χ1) is 8.78. The molecule has 1 aromatic rings. The Labute approximate surface area is 107 Å². The van der Waals surface area contributed by atoms with Gasteiger partial charge in [-0.2, -0.15) is 13.2 Å². The van der Waals surface area contributed by atoms with Gasteiger partial charge in [0, 0.05) is 18.7 Å². The van der Waals surface area contributed by atoms with Gasteiger partial charge in [-0.1, -0.05) is 0 Å². The Kier molecular flexibility index (Phi) is 4.85. The van der Waals surface area contributed by atoms with Gasteiger partial charge in [-0.15, -0.1) is 0 Å². The highest BCUT2D eigenvalue weighted by molar-refractivity contribution is 5.94. The van der Waals surface area contributed by atoms with Gasteiger partial charge in [0.05, 0.1) is 12.2 Å². The molecule has 0 radical (unpaired) electrons. The molecule has 0 aliphatic heterocycles. The van der Waals surface area contributed by atoms with Crippen LogP contribution >= 0.6 is 0 Å². The highest BCUT2D eigenvalue weighted by Gasteiger charge is 2.27. The number of hydrogen-bond donors (Lipinski definition) is 2. The lowest BCUT2D eigenvalue weighted by molar-refractivity contribution is -0.123. The number of rotatable bonds is 4. The summed E-state index contributed by atoms with van der Waals surface area (Å²) in [6, 6.07) is 2.62. The average Bonchev–Trinajstić information content (AvgIpc) is 2.33. The van der Waals surface area contributed by atoms with Crippen molar-refractivity contribution in [3.63, 3.8) is 0 Å². The maximum atomic E-state index is 11.9. The van der Waals surface area contributed by atoms with Crippen molar-refractivity contribution in [2.75, 3.05) is 6.54 Å². The lowest BCUT2D eigenvalue weighted by atomic mass is 10.2. The maximum absolute atomic E-state index is 11.9. The third-order valence-corrected chi connectivity index (χ3v) is 2.05. The van der Waals surface area contributed by atoms with Crippen LogP contribution in [0.15, 0.2) is 18.3 Å². The molecule has 0 bridgehead atoms. The number of aromatic nitrogens is 1. The van der Waals surface area contributed by atoms with Gasteiger partial charge in [0.25, 0.3) is 5.91 Å². The fourth-order valence-electron chi connectivity index (χ4n) is 1.21. The van der Waals surface area contributed by atoms with Gasteiger partial charge in [0.1, 0.15) is 6.54 Å². The SMILES string of the molecule is CC(=O)NCc1cc(C(=O)NCC(F)(F)F)ccn1. The summed E-state index contributed by atoms with van der Waals surface area (Å²) >= 11 is 0. The third-order valence-electron chi connectivity index (χ3n) is 2.05. The molecule has 0 saturated carbocycles. The van der Waals surface area contributed by atoms with Crippen LogP contribution in [0.25, 0.3) is 0 Å². The molecule has 0 unspecified atom stereocenters. The number of carbonyl (C=O) groups excluding carboxylic acids is 2. The smallest absolute Gasteiger partial charge is 0.351 e. The van der Waals surface area contributed by atoms with Crippen molar-refractivity contribution in [3.05, 3.63) is 29.6 Å². The van der Waals surface area contributed by atoms with Crippen molar-refractivity contribution >= 4 is 11.8 Å². The molecule has 2 N–H and O–H groups in total. The Bertz CT molecular complexity index is 474. The molecule has 0 atom stereocenters. The number of nitrogens with one attached hydrogen (secondary N) is 2. The number of nitrogens with zero attached hydrogens (tertiary/aromatic N) is 1.